The van der Waals surface area contributed by atoms with E-state index in [4.69, 9.17) is 33.3 Å². The number of ether oxygens (including phenoxy) is 2. The number of nitrogens with zero attached hydrogens (tertiary/aromatic N) is 2. The van der Waals surface area contributed by atoms with Gasteiger partial charge in [-0.15, -0.1) is 0 Å². The molecule has 0 saturated carbocycles. The third kappa shape index (κ3) is 4.66. The van der Waals surface area contributed by atoms with Gasteiger partial charge in [0.2, 0.25) is 0 Å². The average Bonchev–Trinajstić information content (AvgIpc) is 2.98. The molecule has 1 heterocycles. The molecule has 0 spiro atoms. The van der Waals surface area contributed by atoms with Crippen molar-refractivity contribution in [2.45, 2.75) is 20.4 Å². The van der Waals surface area contributed by atoms with Gasteiger partial charge in [-0.2, -0.15) is 5.10 Å². The maximum atomic E-state index is 14.2. The fourth-order valence-electron chi connectivity index (χ4n) is 3.03. The smallest absolute Gasteiger partial charge is 0.175 e. The van der Waals surface area contributed by atoms with Crippen LogP contribution in [0.3, 0.4) is 0 Å². The van der Waals surface area contributed by atoms with E-state index in [1.165, 1.54) is 6.07 Å². The zero-order valence-corrected chi connectivity index (χ0v) is 18.6. The second-order valence-electron chi connectivity index (χ2n) is 6.55. The largest absolute Gasteiger partial charge is 0.497 e. The third-order valence-corrected chi connectivity index (χ3v) is 5.20. The molecule has 0 unspecified atom stereocenters. The van der Waals surface area contributed by atoms with Crippen LogP contribution in [0, 0.1) is 19.7 Å². The molecule has 2 aromatic carbocycles. The lowest BCUT2D eigenvalue weighted by atomic mass is 10.2. The van der Waals surface area contributed by atoms with Crippen LogP contribution in [-0.4, -0.2) is 29.1 Å². The van der Waals surface area contributed by atoms with E-state index in [1.54, 1.807) is 43.2 Å². The molecule has 3 rings (SSSR count). The number of nitrogens with one attached hydrogen (secondary N) is 2. The first-order valence-corrected chi connectivity index (χ1v) is 9.89. The molecule has 3 aromatic rings. The summed E-state index contributed by atoms with van der Waals surface area (Å²) in [5.74, 6) is 0.904. The van der Waals surface area contributed by atoms with Crippen molar-refractivity contribution in [1.29, 1.82) is 0 Å². The van der Waals surface area contributed by atoms with Gasteiger partial charge in [0.05, 0.1) is 43.5 Å². The summed E-state index contributed by atoms with van der Waals surface area (Å²) in [5, 5.41) is 11.5. The van der Waals surface area contributed by atoms with Crippen LogP contribution in [0.2, 0.25) is 5.02 Å². The first-order chi connectivity index (χ1) is 14.3. The van der Waals surface area contributed by atoms with E-state index < -0.39 is 0 Å². The molecule has 0 aliphatic heterocycles. The molecule has 0 saturated heterocycles. The Labute approximate surface area is 184 Å². The molecule has 2 N–H and O–H groups in total. The molecule has 158 valence electrons. The molecule has 0 bridgehead atoms. The zero-order chi connectivity index (χ0) is 21.8. The maximum Gasteiger partial charge on any atom is 0.175 e. The predicted octanol–water partition coefficient (Wildman–Crippen LogP) is 5.17. The normalized spacial score (nSPS) is 10.6. The number of hydrogen-bond donors (Lipinski definition) is 2. The van der Waals surface area contributed by atoms with Crippen LogP contribution in [0.5, 0.6) is 11.5 Å². The van der Waals surface area contributed by atoms with Crippen molar-refractivity contribution in [3.05, 3.63) is 64.2 Å². The van der Waals surface area contributed by atoms with Crippen molar-refractivity contribution >= 4 is 40.3 Å². The topological polar surface area (TPSA) is 60.3 Å². The molecule has 0 radical (unpaired) electrons. The summed E-state index contributed by atoms with van der Waals surface area (Å²) in [5.41, 5.74) is 3.35. The maximum absolute atomic E-state index is 14.2. The van der Waals surface area contributed by atoms with Crippen molar-refractivity contribution in [2.75, 3.05) is 24.9 Å². The lowest BCUT2D eigenvalue weighted by molar-refractivity contribution is 0.395. The quantitative estimate of drug-likeness (QED) is 0.507. The summed E-state index contributed by atoms with van der Waals surface area (Å²) >= 11 is 11.6. The van der Waals surface area contributed by atoms with E-state index in [1.807, 2.05) is 19.9 Å². The highest BCUT2D eigenvalue weighted by Gasteiger charge is 2.16. The minimum absolute atomic E-state index is 0.215. The lowest BCUT2D eigenvalue weighted by Gasteiger charge is -2.14. The highest BCUT2D eigenvalue weighted by Crippen LogP contribution is 2.30. The SMILES string of the molecule is COc1ccc(NC(=S)Nc2c(C)nn(Cc3c(F)cccc3Cl)c2C)c(OC)c1. The number of benzene rings is 2. The summed E-state index contributed by atoms with van der Waals surface area (Å²) in [6.45, 7) is 3.95. The molecule has 0 aliphatic rings. The first-order valence-electron chi connectivity index (χ1n) is 9.11. The summed E-state index contributed by atoms with van der Waals surface area (Å²) in [6.07, 6.45) is 0. The Morgan fingerprint density at radius 3 is 2.60 bits per heavy atom. The second kappa shape index (κ2) is 9.32. The molecule has 30 heavy (non-hydrogen) atoms. The van der Waals surface area contributed by atoms with Gasteiger partial charge < -0.3 is 20.1 Å². The van der Waals surface area contributed by atoms with E-state index in [0.29, 0.717) is 32.9 Å². The molecule has 6 nitrogen and oxygen atoms in total. The Morgan fingerprint density at radius 1 is 1.17 bits per heavy atom. The minimum atomic E-state index is -0.367. The molecule has 1 aromatic heterocycles. The average molecular weight is 449 g/mol. The van der Waals surface area contributed by atoms with E-state index in [-0.39, 0.29) is 12.4 Å². The molecule has 9 heteroatoms. The number of rotatable bonds is 6. The second-order valence-corrected chi connectivity index (χ2v) is 7.36. The monoisotopic (exact) mass is 448 g/mol. The van der Waals surface area contributed by atoms with Crippen LogP contribution in [0.25, 0.3) is 0 Å². The number of halogens is 2. The van der Waals surface area contributed by atoms with Crippen LogP contribution in [0.1, 0.15) is 17.0 Å². The Morgan fingerprint density at radius 2 is 1.93 bits per heavy atom. The summed E-state index contributed by atoms with van der Waals surface area (Å²) in [6, 6.07) is 10.00. The van der Waals surface area contributed by atoms with Crippen molar-refractivity contribution in [3.63, 3.8) is 0 Å². The Bertz CT molecular complexity index is 1070. The number of thiocarbonyl (C=S) groups is 1. The fraction of sp³-hybridized carbons (Fsp3) is 0.238. The van der Waals surface area contributed by atoms with Crippen LogP contribution in [0.4, 0.5) is 15.8 Å². The van der Waals surface area contributed by atoms with E-state index in [0.717, 1.165) is 17.1 Å². The Hall–Kier alpha value is -2.84. The zero-order valence-electron chi connectivity index (χ0n) is 17.0. The fourth-order valence-corrected chi connectivity index (χ4v) is 3.47. The number of anilines is 2. The highest BCUT2D eigenvalue weighted by molar-refractivity contribution is 7.80. The third-order valence-electron chi connectivity index (χ3n) is 4.65. The van der Waals surface area contributed by atoms with E-state index in [9.17, 15) is 4.39 Å². The standard InChI is InChI=1S/C21H22ClFN4O2S/c1-12-20(13(2)27(26-12)11-15-16(22)6-5-7-17(15)23)25-21(30)24-18-9-8-14(28-3)10-19(18)29-4/h5-10H,11H2,1-4H3,(H2,24,25,30). The van der Waals surface area contributed by atoms with Crippen LogP contribution >= 0.6 is 23.8 Å². The van der Waals surface area contributed by atoms with Crippen LogP contribution in [0.15, 0.2) is 36.4 Å². The van der Waals surface area contributed by atoms with Gasteiger partial charge in [-0.3, -0.25) is 4.68 Å². The van der Waals surface area contributed by atoms with Crippen LogP contribution < -0.4 is 20.1 Å². The van der Waals surface area contributed by atoms with Gasteiger partial charge in [-0.25, -0.2) is 4.39 Å². The van der Waals surface area contributed by atoms with Gasteiger partial charge in [0.15, 0.2) is 5.11 Å². The first kappa shape index (κ1) is 21.9. The minimum Gasteiger partial charge on any atom is -0.497 e. The molecule has 0 fully saturated rings. The van der Waals surface area contributed by atoms with Crippen molar-refractivity contribution < 1.29 is 13.9 Å². The number of aryl methyl sites for hydroxylation is 1. The van der Waals surface area contributed by atoms with Gasteiger partial charge in [-0.05, 0) is 50.3 Å². The van der Waals surface area contributed by atoms with Crippen molar-refractivity contribution in [1.82, 2.24) is 9.78 Å². The highest BCUT2D eigenvalue weighted by atomic mass is 35.5. The van der Waals surface area contributed by atoms with Crippen molar-refractivity contribution in [3.8, 4) is 11.5 Å². The molecule has 0 aliphatic carbocycles. The molecular weight excluding hydrogens is 427 g/mol. The predicted molar refractivity (Wildman–Crippen MR) is 122 cm³/mol. The van der Waals surface area contributed by atoms with E-state index >= 15 is 0 Å². The van der Waals surface area contributed by atoms with Crippen LogP contribution in [-0.2, 0) is 6.54 Å². The van der Waals surface area contributed by atoms with Gasteiger partial charge in [0.25, 0.3) is 0 Å². The summed E-state index contributed by atoms with van der Waals surface area (Å²) in [7, 11) is 3.16. The molecular formula is C21H22ClFN4O2S. The van der Waals surface area contributed by atoms with Gasteiger partial charge in [0, 0.05) is 16.7 Å². The van der Waals surface area contributed by atoms with Gasteiger partial charge in [-0.1, -0.05) is 17.7 Å². The summed E-state index contributed by atoms with van der Waals surface area (Å²) in [4.78, 5) is 0. The lowest BCUT2D eigenvalue weighted by Crippen LogP contribution is -2.20. The number of hydrogen-bond acceptors (Lipinski definition) is 4. The number of methoxy groups -OCH3 is 2. The Kier molecular flexibility index (Phi) is 6.79. The molecule has 0 atom stereocenters. The van der Waals surface area contributed by atoms with Gasteiger partial charge >= 0.3 is 0 Å². The van der Waals surface area contributed by atoms with E-state index in [2.05, 4.69) is 15.7 Å². The number of aromatic nitrogens is 2. The molecule has 0 amide bonds. The Balaban J connectivity index is 1.78. The summed E-state index contributed by atoms with van der Waals surface area (Å²) < 4.78 is 26.4. The van der Waals surface area contributed by atoms with Gasteiger partial charge in [0.1, 0.15) is 17.3 Å². The van der Waals surface area contributed by atoms with Crippen molar-refractivity contribution in [2.24, 2.45) is 0 Å².